The molecule has 1 unspecified atom stereocenters. The predicted molar refractivity (Wildman–Crippen MR) is 78.9 cm³/mol. The fraction of sp³-hybridized carbons (Fsp3) is 0.188. The van der Waals surface area contributed by atoms with Gasteiger partial charge in [-0.3, -0.25) is 0 Å². The Hall–Kier alpha value is -2.13. The minimum Gasteiger partial charge on any atom is -0.341 e. The Kier molecular flexibility index (Phi) is 2.84. The molecule has 1 atom stereocenters. The number of nitrogens with one attached hydrogen (secondary N) is 1. The van der Waals surface area contributed by atoms with Crippen LogP contribution < -0.4 is 5.73 Å². The molecule has 3 nitrogen and oxygen atoms in total. The standard InChI is InChI=1S/C16H17N3/c1-10-3-4-13-8-14(6-5-12(13)7-10)15-9-18-16(19-15)11(2)17/h3-9,11H,17H2,1-2H3,(H,18,19). The molecule has 0 amide bonds. The number of hydrogen-bond donors (Lipinski definition) is 2. The second-order valence-electron chi connectivity index (χ2n) is 5.04. The molecular weight excluding hydrogens is 234 g/mol. The zero-order valence-electron chi connectivity index (χ0n) is 11.1. The van der Waals surface area contributed by atoms with Crippen LogP contribution in [0.5, 0.6) is 0 Å². The summed E-state index contributed by atoms with van der Waals surface area (Å²) in [5, 5.41) is 2.50. The first-order valence-corrected chi connectivity index (χ1v) is 6.45. The molecule has 0 aliphatic rings. The first-order valence-electron chi connectivity index (χ1n) is 6.45. The van der Waals surface area contributed by atoms with E-state index < -0.39 is 0 Å². The molecule has 96 valence electrons. The van der Waals surface area contributed by atoms with Crippen LogP contribution >= 0.6 is 0 Å². The van der Waals surface area contributed by atoms with Crippen molar-refractivity contribution in [3.05, 3.63) is 54.0 Å². The quantitative estimate of drug-likeness (QED) is 0.731. The first-order chi connectivity index (χ1) is 9.13. The summed E-state index contributed by atoms with van der Waals surface area (Å²) in [6.07, 6.45) is 1.84. The van der Waals surface area contributed by atoms with E-state index in [0.29, 0.717) is 0 Å². The van der Waals surface area contributed by atoms with Crippen LogP contribution in [0, 0.1) is 6.92 Å². The van der Waals surface area contributed by atoms with Gasteiger partial charge in [-0.25, -0.2) is 4.98 Å². The van der Waals surface area contributed by atoms with Crippen LogP contribution in [-0.2, 0) is 0 Å². The highest BCUT2D eigenvalue weighted by molar-refractivity contribution is 5.87. The number of aryl methyl sites for hydroxylation is 1. The van der Waals surface area contributed by atoms with Crippen molar-refractivity contribution in [3.63, 3.8) is 0 Å². The average molecular weight is 251 g/mol. The number of aromatic nitrogens is 2. The lowest BCUT2D eigenvalue weighted by molar-refractivity contribution is 0.756. The van der Waals surface area contributed by atoms with E-state index in [9.17, 15) is 0 Å². The molecule has 0 saturated carbocycles. The molecule has 0 aliphatic carbocycles. The van der Waals surface area contributed by atoms with E-state index >= 15 is 0 Å². The van der Waals surface area contributed by atoms with Crippen LogP contribution in [0.25, 0.3) is 22.0 Å². The summed E-state index contributed by atoms with van der Waals surface area (Å²) in [7, 11) is 0. The van der Waals surface area contributed by atoms with Crippen molar-refractivity contribution in [2.24, 2.45) is 5.73 Å². The van der Waals surface area contributed by atoms with Gasteiger partial charge in [-0.05, 0) is 30.7 Å². The van der Waals surface area contributed by atoms with Crippen molar-refractivity contribution in [3.8, 4) is 11.3 Å². The monoisotopic (exact) mass is 251 g/mol. The number of imidazole rings is 1. The van der Waals surface area contributed by atoms with Gasteiger partial charge in [-0.1, -0.05) is 35.9 Å². The maximum atomic E-state index is 5.82. The Labute approximate surface area is 112 Å². The minimum absolute atomic E-state index is 0.0724. The molecule has 3 N–H and O–H groups in total. The lowest BCUT2D eigenvalue weighted by Gasteiger charge is -2.03. The van der Waals surface area contributed by atoms with Gasteiger partial charge in [-0.2, -0.15) is 0 Å². The lowest BCUT2D eigenvalue weighted by atomic mass is 10.0. The Balaban J connectivity index is 2.07. The molecule has 1 heterocycles. The van der Waals surface area contributed by atoms with Gasteiger partial charge in [-0.15, -0.1) is 0 Å². The van der Waals surface area contributed by atoms with Crippen molar-refractivity contribution in [2.75, 3.05) is 0 Å². The molecular formula is C16H17N3. The molecule has 0 aliphatic heterocycles. The number of nitrogens with two attached hydrogens (primary N) is 1. The van der Waals surface area contributed by atoms with Crippen molar-refractivity contribution in [1.82, 2.24) is 9.97 Å². The highest BCUT2D eigenvalue weighted by Gasteiger charge is 2.07. The van der Waals surface area contributed by atoms with E-state index in [1.54, 1.807) is 0 Å². The van der Waals surface area contributed by atoms with Gasteiger partial charge in [0.05, 0.1) is 17.9 Å². The van der Waals surface area contributed by atoms with E-state index in [0.717, 1.165) is 17.1 Å². The van der Waals surface area contributed by atoms with Gasteiger partial charge in [0, 0.05) is 5.56 Å². The van der Waals surface area contributed by atoms with E-state index in [2.05, 4.69) is 53.3 Å². The van der Waals surface area contributed by atoms with E-state index in [1.807, 2.05) is 13.1 Å². The third kappa shape index (κ3) is 2.25. The van der Waals surface area contributed by atoms with Gasteiger partial charge >= 0.3 is 0 Å². The maximum Gasteiger partial charge on any atom is 0.123 e. The average Bonchev–Trinajstić information content (AvgIpc) is 2.88. The number of rotatable bonds is 2. The molecule has 2 aromatic carbocycles. The van der Waals surface area contributed by atoms with Crippen LogP contribution in [0.4, 0.5) is 0 Å². The summed E-state index contributed by atoms with van der Waals surface area (Å²) in [5.41, 5.74) is 9.24. The number of H-pyrrole nitrogens is 1. The Morgan fingerprint density at radius 1 is 1.11 bits per heavy atom. The summed E-state index contributed by atoms with van der Waals surface area (Å²) in [6, 6.07) is 12.8. The fourth-order valence-electron chi connectivity index (χ4n) is 2.25. The summed E-state index contributed by atoms with van der Waals surface area (Å²) >= 11 is 0. The van der Waals surface area contributed by atoms with Crippen molar-refractivity contribution in [1.29, 1.82) is 0 Å². The molecule has 0 bridgehead atoms. The Morgan fingerprint density at radius 2 is 1.84 bits per heavy atom. The van der Waals surface area contributed by atoms with Crippen molar-refractivity contribution >= 4 is 10.8 Å². The van der Waals surface area contributed by atoms with E-state index in [1.165, 1.54) is 16.3 Å². The second kappa shape index (κ2) is 4.52. The van der Waals surface area contributed by atoms with Crippen LogP contribution in [0.3, 0.4) is 0 Å². The summed E-state index contributed by atoms with van der Waals surface area (Å²) in [6.45, 7) is 4.03. The van der Waals surface area contributed by atoms with Gasteiger partial charge in [0.25, 0.3) is 0 Å². The molecule has 0 spiro atoms. The molecule has 19 heavy (non-hydrogen) atoms. The third-order valence-corrected chi connectivity index (χ3v) is 3.33. The number of benzene rings is 2. The fourth-order valence-corrected chi connectivity index (χ4v) is 2.25. The molecule has 0 radical (unpaired) electrons. The summed E-state index contributed by atoms with van der Waals surface area (Å²) < 4.78 is 0. The molecule has 0 fully saturated rings. The van der Waals surface area contributed by atoms with E-state index in [-0.39, 0.29) is 6.04 Å². The van der Waals surface area contributed by atoms with Crippen molar-refractivity contribution in [2.45, 2.75) is 19.9 Å². The lowest BCUT2D eigenvalue weighted by Crippen LogP contribution is -2.06. The Bertz CT molecular complexity index is 726. The predicted octanol–water partition coefficient (Wildman–Crippen LogP) is 3.56. The zero-order chi connectivity index (χ0) is 13.4. The zero-order valence-corrected chi connectivity index (χ0v) is 11.1. The molecule has 3 aromatic rings. The number of fused-ring (bicyclic) bond motifs is 1. The minimum atomic E-state index is -0.0724. The van der Waals surface area contributed by atoms with Crippen LogP contribution in [0.1, 0.15) is 24.4 Å². The van der Waals surface area contributed by atoms with Crippen LogP contribution in [-0.4, -0.2) is 9.97 Å². The smallest absolute Gasteiger partial charge is 0.123 e. The number of aromatic amines is 1. The topological polar surface area (TPSA) is 54.7 Å². The van der Waals surface area contributed by atoms with Gasteiger partial charge in [0.1, 0.15) is 5.82 Å². The maximum absolute atomic E-state index is 5.82. The largest absolute Gasteiger partial charge is 0.341 e. The summed E-state index contributed by atoms with van der Waals surface area (Å²) in [5.74, 6) is 0.819. The van der Waals surface area contributed by atoms with Crippen molar-refractivity contribution < 1.29 is 0 Å². The molecule has 1 aromatic heterocycles. The van der Waals surface area contributed by atoms with Gasteiger partial charge < -0.3 is 10.7 Å². The normalized spacial score (nSPS) is 12.8. The highest BCUT2D eigenvalue weighted by Crippen LogP contribution is 2.24. The van der Waals surface area contributed by atoms with Crippen LogP contribution in [0.2, 0.25) is 0 Å². The second-order valence-corrected chi connectivity index (χ2v) is 5.04. The molecule has 3 heteroatoms. The van der Waals surface area contributed by atoms with Gasteiger partial charge in [0.2, 0.25) is 0 Å². The SMILES string of the molecule is Cc1ccc2cc(-c3cnc(C(C)N)[nH]3)ccc2c1. The summed E-state index contributed by atoms with van der Waals surface area (Å²) in [4.78, 5) is 7.57. The molecule has 3 rings (SSSR count). The third-order valence-electron chi connectivity index (χ3n) is 3.33. The number of hydrogen-bond acceptors (Lipinski definition) is 2. The van der Waals surface area contributed by atoms with Crippen LogP contribution in [0.15, 0.2) is 42.6 Å². The highest BCUT2D eigenvalue weighted by atomic mass is 14.9. The molecule has 0 saturated heterocycles. The first kappa shape index (κ1) is 11.9. The Morgan fingerprint density at radius 3 is 2.58 bits per heavy atom. The van der Waals surface area contributed by atoms with E-state index in [4.69, 9.17) is 5.73 Å². The van der Waals surface area contributed by atoms with Gasteiger partial charge in [0.15, 0.2) is 0 Å². The number of nitrogens with zero attached hydrogens (tertiary/aromatic N) is 1.